The maximum Gasteiger partial charge on any atom is 0.344 e. The van der Waals surface area contributed by atoms with E-state index in [0.717, 1.165) is 48.1 Å². The van der Waals surface area contributed by atoms with Crippen molar-refractivity contribution in [1.82, 2.24) is 14.7 Å². The molecule has 0 bridgehead atoms. The lowest BCUT2D eigenvalue weighted by atomic mass is 9.93. The predicted molar refractivity (Wildman–Crippen MR) is 141 cm³/mol. The summed E-state index contributed by atoms with van der Waals surface area (Å²) in [6.07, 6.45) is 5.33. The van der Waals surface area contributed by atoms with Gasteiger partial charge in [-0.3, -0.25) is 9.69 Å². The molecule has 0 saturated heterocycles. The maximum atomic E-state index is 13.7. The van der Waals surface area contributed by atoms with Gasteiger partial charge in [-0.1, -0.05) is 48.5 Å². The number of nitrogens with zero attached hydrogens (tertiary/aromatic N) is 3. The number of benzene rings is 2. The monoisotopic (exact) mass is 499 g/mol. The molecule has 0 spiro atoms. The van der Waals surface area contributed by atoms with Gasteiger partial charge in [0.05, 0.1) is 11.8 Å². The Hall–Kier alpha value is -3.71. The Labute approximate surface area is 217 Å². The van der Waals surface area contributed by atoms with Gasteiger partial charge in [0.25, 0.3) is 5.91 Å². The van der Waals surface area contributed by atoms with Crippen molar-refractivity contribution in [3.8, 4) is 16.9 Å². The molecular formula is C30H33N3O4. The van der Waals surface area contributed by atoms with E-state index >= 15 is 0 Å². The third kappa shape index (κ3) is 5.37. The van der Waals surface area contributed by atoms with Crippen LogP contribution in [0.1, 0.15) is 56.3 Å². The van der Waals surface area contributed by atoms with E-state index in [0.29, 0.717) is 30.8 Å². The van der Waals surface area contributed by atoms with Gasteiger partial charge < -0.3 is 9.47 Å². The largest absolute Gasteiger partial charge is 0.434 e. The highest BCUT2D eigenvalue weighted by Gasteiger charge is 2.42. The van der Waals surface area contributed by atoms with E-state index in [-0.39, 0.29) is 12.0 Å². The fraction of sp³-hybridized carbons (Fsp3) is 0.367. The van der Waals surface area contributed by atoms with Gasteiger partial charge in [-0.15, -0.1) is 0 Å². The number of hydrogen-bond donors (Lipinski definition) is 0. The summed E-state index contributed by atoms with van der Waals surface area (Å²) >= 11 is 0. The van der Waals surface area contributed by atoms with Crippen molar-refractivity contribution in [3.63, 3.8) is 0 Å². The highest BCUT2D eigenvalue weighted by Crippen LogP contribution is 2.38. The van der Waals surface area contributed by atoms with E-state index < -0.39 is 12.2 Å². The van der Waals surface area contributed by atoms with Crippen LogP contribution in [0.15, 0.2) is 78.0 Å². The Kier molecular flexibility index (Phi) is 7.51. The van der Waals surface area contributed by atoms with Crippen molar-refractivity contribution in [2.45, 2.75) is 58.3 Å². The third-order valence-electron chi connectivity index (χ3n) is 6.83. The molecule has 2 aromatic carbocycles. The van der Waals surface area contributed by atoms with Crippen molar-refractivity contribution < 1.29 is 19.1 Å². The van der Waals surface area contributed by atoms with Crippen molar-refractivity contribution in [2.75, 3.05) is 13.2 Å². The number of para-hydroxylation sites is 1. The number of ether oxygens (including phenoxy) is 2. The van der Waals surface area contributed by atoms with Crippen LogP contribution in [0.2, 0.25) is 0 Å². The first-order valence-corrected chi connectivity index (χ1v) is 13.1. The summed E-state index contributed by atoms with van der Waals surface area (Å²) in [5.41, 5.74) is 4.36. The molecule has 5 rings (SSSR count). The molecule has 0 saturated carbocycles. The second-order valence-electron chi connectivity index (χ2n) is 9.78. The molecule has 1 aliphatic carbocycles. The first kappa shape index (κ1) is 25.0. The van der Waals surface area contributed by atoms with Gasteiger partial charge in [0.2, 0.25) is 6.23 Å². The van der Waals surface area contributed by atoms with Crippen LogP contribution in [0, 0.1) is 0 Å². The summed E-state index contributed by atoms with van der Waals surface area (Å²) < 4.78 is 13.5. The Morgan fingerprint density at radius 2 is 1.73 bits per heavy atom. The lowest BCUT2D eigenvalue weighted by Gasteiger charge is -2.27. The minimum atomic E-state index is -0.682. The quantitative estimate of drug-likeness (QED) is 0.285. The van der Waals surface area contributed by atoms with E-state index in [2.05, 4.69) is 0 Å². The standard InChI is InChI=1S/C30H33N3O4/c1-21(2)36-19-11-18-32-28(34)24-16-9-10-17-25(24)29(32)37-30(35)26-20-33(23-14-7-4-8-15-23)31-27(26)22-12-5-3-6-13-22/h3-8,12-15,20-21,29H,9-11,16-19H2,1-2H3. The second-order valence-corrected chi connectivity index (χ2v) is 9.78. The zero-order valence-electron chi connectivity index (χ0n) is 21.4. The van der Waals surface area contributed by atoms with Gasteiger partial charge in [-0.05, 0) is 63.7 Å². The summed E-state index contributed by atoms with van der Waals surface area (Å²) in [6.45, 7) is 5.01. The van der Waals surface area contributed by atoms with Crippen LogP contribution in [0.4, 0.5) is 0 Å². The Morgan fingerprint density at radius 3 is 2.46 bits per heavy atom. The van der Waals surface area contributed by atoms with Crippen LogP contribution in [-0.2, 0) is 14.3 Å². The normalized spacial score (nSPS) is 17.4. The van der Waals surface area contributed by atoms with Crippen molar-refractivity contribution >= 4 is 11.9 Å². The van der Waals surface area contributed by atoms with Crippen LogP contribution < -0.4 is 0 Å². The fourth-order valence-corrected chi connectivity index (χ4v) is 5.03. The highest BCUT2D eigenvalue weighted by atomic mass is 16.6. The molecule has 0 N–H and O–H groups in total. The fourth-order valence-electron chi connectivity index (χ4n) is 5.03. The van der Waals surface area contributed by atoms with Gasteiger partial charge in [0.15, 0.2) is 0 Å². The molecule has 2 heterocycles. The third-order valence-corrected chi connectivity index (χ3v) is 6.83. The molecule has 7 heteroatoms. The van der Waals surface area contributed by atoms with Crippen LogP contribution in [0.5, 0.6) is 0 Å². The molecule has 0 fully saturated rings. The molecule has 7 nitrogen and oxygen atoms in total. The van der Waals surface area contributed by atoms with Crippen LogP contribution >= 0.6 is 0 Å². The van der Waals surface area contributed by atoms with Crippen LogP contribution in [0.25, 0.3) is 16.9 Å². The average molecular weight is 500 g/mol. The molecule has 3 aromatic rings. The summed E-state index contributed by atoms with van der Waals surface area (Å²) in [5.74, 6) is -0.498. The predicted octanol–water partition coefficient (Wildman–Crippen LogP) is 5.55. The first-order valence-electron chi connectivity index (χ1n) is 13.1. The summed E-state index contributed by atoms with van der Waals surface area (Å²) in [7, 11) is 0. The molecule has 1 aromatic heterocycles. The molecule has 1 atom stereocenters. The second kappa shape index (κ2) is 11.1. The highest BCUT2D eigenvalue weighted by molar-refractivity contribution is 6.00. The number of rotatable bonds is 9. The van der Waals surface area contributed by atoms with Gasteiger partial charge in [-0.25, -0.2) is 9.48 Å². The number of carbonyl (C=O) groups excluding carboxylic acids is 2. The van der Waals surface area contributed by atoms with Crippen LogP contribution in [0.3, 0.4) is 0 Å². The number of amides is 1. The lowest BCUT2D eigenvalue weighted by molar-refractivity contribution is -0.132. The molecule has 192 valence electrons. The minimum Gasteiger partial charge on any atom is -0.434 e. The number of aromatic nitrogens is 2. The number of esters is 1. The smallest absolute Gasteiger partial charge is 0.344 e. The average Bonchev–Trinajstić information content (AvgIpc) is 3.48. The van der Waals surface area contributed by atoms with Gasteiger partial charge >= 0.3 is 5.97 Å². The number of carbonyl (C=O) groups is 2. The van der Waals surface area contributed by atoms with Crippen molar-refractivity contribution in [1.29, 1.82) is 0 Å². The van der Waals surface area contributed by atoms with E-state index in [4.69, 9.17) is 14.6 Å². The molecule has 2 aliphatic rings. The number of hydrogen-bond acceptors (Lipinski definition) is 5. The molecular weight excluding hydrogens is 466 g/mol. The van der Waals surface area contributed by atoms with Gasteiger partial charge in [0, 0.05) is 30.5 Å². The summed E-state index contributed by atoms with van der Waals surface area (Å²) in [4.78, 5) is 28.7. The SMILES string of the molecule is CC(C)OCCCN1C(=O)C2=C(CCCC2)C1OC(=O)c1cn(-c2ccccc2)nc1-c1ccccc1. The molecule has 1 amide bonds. The zero-order chi connectivity index (χ0) is 25.8. The summed E-state index contributed by atoms with van der Waals surface area (Å²) in [5, 5.41) is 4.75. The lowest BCUT2D eigenvalue weighted by Crippen LogP contribution is -2.40. The van der Waals surface area contributed by atoms with E-state index in [1.807, 2.05) is 74.5 Å². The molecule has 0 radical (unpaired) electrons. The molecule has 37 heavy (non-hydrogen) atoms. The van der Waals surface area contributed by atoms with E-state index in [1.165, 1.54) is 0 Å². The van der Waals surface area contributed by atoms with Gasteiger partial charge in [0.1, 0.15) is 11.3 Å². The Balaban J connectivity index is 1.44. The van der Waals surface area contributed by atoms with Crippen molar-refractivity contribution in [2.24, 2.45) is 0 Å². The Morgan fingerprint density at radius 1 is 1.03 bits per heavy atom. The van der Waals surface area contributed by atoms with Crippen LogP contribution in [-0.4, -0.2) is 52.0 Å². The molecule has 1 unspecified atom stereocenters. The topological polar surface area (TPSA) is 73.7 Å². The zero-order valence-corrected chi connectivity index (χ0v) is 21.4. The maximum absolute atomic E-state index is 13.7. The molecule has 1 aliphatic heterocycles. The van der Waals surface area contributed by atoms with Gasteiger partial charge in [-0.2, -0.15) is 5.10 Å². The summed E-state index contributed by atoms with van der Waals surface area (Å²) in [6, 6.07) is 19.3. The van der Waals surface area contributed by atoms with Crippen molar-refractivity contribution in [3.05, 3.63) is 83.6 Å². The Bertz CT molecular complexity index is 1280. The minimum absolute atomic E-state index is 0.0136. The van der Waals surface area contributed by atoms with E-state index in [1.54, 1.807) is 15.8 Å². The van der Waals surface area contributed by atoms with E-state index in [9.17, 15) is 9.59 Å². The first-order chi connectivity index (χ1) is 18.0.